The number of primary amides is 1. The van der Waals surface area contributed by atoms with Gasteiger partial charge in [0.2, 0.25) is 5.91 Å². The Kier molecular flexibility index (Phi) is 3.22. The van der Waals surface area contributed by atoms with Gasteiger partial charge >= 0.3 is 6.03 Å². The lowest BCUT2D eigenvalue weighted by Gasteiger charge is -2.16. The van der Waals surface area contributed by atoms with Gasteiger partial charge in [0.05, 0.1) is 12.2 Å². The second-order valence-electron chi connectivity index (χ2n) is 3.91. The number of carbonyl (C=O) groups excluding carboxylic acids is 2. The predicted octanol–water partition coefficient (Wildman–Crippen LogP) is -0.196. The van der Waals surface area contributed by atoms with Crippen LogP contribution in [0.3, 0.4) is 0 Å². The molecule has 1 fully saturated rings. The van der Waals surface area contributed by atoms with Gasteiger partial charge < -0.3 is 15.5 Å². The molecule has 0 aliphatic carbocycles. The Morgan fingerprint density at radius 2 is 2.12 bits per heavy atom. The van der Waals surface area contributed by atoms with Crippen molar-refractivity contribution in [2.75, 3.05) is 19.6 Å². The minimum Gasteiger partial charge on any atom is -0.368 e. The molecule has 1 aliphatic rings. The number of hydrogen-bond acceptors (Lipinski definition) is 3. The second kappa shape index (κ2) is 4.82. The monoisotopic (exact) mass is 234 g/mol. The highest BCUT2D eigenvalue weighted by Gasteiger charge is 2.29. The van der Waals surface area contributed by atoms with Crippen molar-refractivity contribution in [3.05, 3.63) is 30.1 Å². The van der Waals surface area contributed by atoms with E-state index in [0.29, 0.717) is 19.6 Å². The second-order valence-corrected chi connectivity index (χ2v) is 3.91. The van der Waals surface area contributed by atoms with Crippen LogP contribution < -0.4 is 5.73 Å². The summed E-state index contributed by atoms with van der Waals surface area (Å²) in [5, 5.41) is 0. The summed E-state index contributed by atoms with van der Waals surface area (Å²) < 4.78 is 0. The fourth-order valence-corrected chi connectivity index (χ4v) is 1.80. The Bertz CT molecular complexity index is 421. The number of nitrogens with two attached hydrogens (primary N) is 1. The van der Waals surface area contributed by atoms with Crippen molar-refractivity contribution < 1.29 is 9.59 Å². The first-order valence-electron chi connectivity index (χ1n) is 5.39. The molecule has 6 nitrogen and oxygen atoms in total. The maximum Gasteiger partial charge on any atom is 0.320 e. The number of hydrogen-bond donors (Lipinski definition) is 1. The molecule has 0 saturated carbocycles. The molecule has 2 rings (SSSR count). The van der Waals surface area contributed by atoms with E-state index < -0.39 is 5.91 Å². The van der Waals surface area contributed by atoms with Crippen molar-refractivity contribution in [3.63, 3.8) is 0 Å². The maximum atomic E-state index is 11.9. The van der Waals surface area contributed by atoms with Gasteiger partial charge in [-0.1, -0.05) is 6.07 Å². The molecule has 3 amide bonds. The number of carbonyl (C=O) groups is 2. The van der Waals surface area contributed by atoms with E-state index in [2.05, 4.69) is 4.98 Å². The number of aromatic nitrogens is 1. The van der Waals surface area contributed by atoms with Crippen LogP contribution in [0.25, 0.3) is 0 Å². The highest BCUT2D eigenvalue weighted by Crippen LogP contribution is 2.11. The summed E-state index contributed by atoms with van der Waals surface area (Å²) in [6, 6.07) is 5.41. The molecule has 0 bridgehead atoms. The van der Waals surface area contributed by atoms with Gasteiger partial charge in [0, 0.05) is 19.3 Å². The van der Waals surface area contributed by atoms with Crippen LogP contribution in [0.5, 0.6) is 0 Å². The smallest absolute Gasteiger partial charge is 0.320 e. The standard InChI is InChI=1S/C11H14N4O2/c12-10(16)8-15-6-5-14(11(15)17)7-9-3-1-2-4-13-9/h1-4H,5-8H2,(H2,12,16). The van der Waals surface area contributed by atoms with E-state index in [0.717, 1.165) is 5.69 Å². The van der Waals surface area contributed by atoms with Crippen LogP contribution >= 0.6 is 0 Å². The molecule has 0 aromatic carbocycles. The Morgan fingerprint density at radius 3 is 2.76 bits per heavy atom. The molecule has 1 aliphatic heterocycles. The molecule has 2 N–H and O–H groups in total. The van der Waals surface area contributed by atoms with E-state index in [-0.39, 0.29) is 12.6 Å². The van der Waals surface area contributed by atoms with E-state index in [4.69, 9.17) is 5.73 Å². The summed E-state index contributed by atoms with van der Waals surface area (Å²) >= 11 is 0. The van der Waals surface area contributed by atoms with Crippen LogP contribution in [-0.2, 0) is 11.3 Å². The average Bonchev–Trinajstić information content (AvgIpc) is 2.62. The molecule has 0 unspecified atom stereocenters. The minimum absolute atomic E-state index is 0.0163. The van der Waals surface area contributed by atoms with E-state index in [9.17, 15) is 9.59 Å². The van der Waals surface area contributed by atoms with Gasteiger partial charge in [0.15, 0.2) is 0 Å². The van der Waals surface area contributed by atoms with E-state index in [1.54, 1.807) is 11.1 Å². The molecule has 0 atom stereocenters. The summed E-state index contributed by atoms with van der Waals surface area (Å²) in [6.45, 7) is 1.59. The first kappa shape index (κ1) is 11.4. The molecule has 17 heavy (non-hydrogen) atoms. The van der Waals surface area contributed by atoms with Gasteiger partial charge in [0.25, 0.3) is 0 Å². The van der Waals surface area contributed by atoms with Gasteiger partial charge in [-0.05, 0) is 12.1 Å². The Labute approximate surface area is 99.0 Å². The molecular weight excluding hydrogens is 220 g/mol. The molecule has 0 spiro atoms. The largest absolute Gasteiger partial charge is 0.368 e. The van der Waals surface area contributed by atoms with Crippen molar-refractivity contribution in [2.45, 2.75) is 6.54 Å². The van der Waals surface area contributed by atoms with Crippen LogP contribution in [0.1, 0.15) is 5.69 Å². The molecule has 1 aromatic heterocycles. The Morgan fingerprint density at radius 1 is 1.35 bits per heavy atom. The van der Waals surface area contributed by atoms with Gasteiger partial charge in [-0.3, -0.25) is 9.78 Å². The van der Waals surface area contributed by atoms with Gasteiger partial charge in [0.1, 0.15) is 6.54 Å². The fraction of sp³-hybridized carbons (Fsp3) is 0.364. The first-order valence-corrected chi connectivity index (χ1v) is 5.39. The molecule has 1 aromatic rings. The minimum atomic E-state index is -0.488. The zero-order chi connectivity index (χ0) is 12.3. The van der Waals surface area contributed by atoms with Crippen LogP contribution in [-0.4, -0.2) is 46.4 Å². The highest BCUT2D eigenvalue weighted by atomic mass is 16.2. The molecule has 90 valence electrons. The van der Waals surface area contributed by atoms with E-state index in [1.165, 1.54) is 4.90 Å². The summed E-state index contributed by atoms with van der Waals surface area (Å²) in [5.41, 5.74) is 5.90. The zero-order valence-electron chi connectivity index (χ0n) is 9.37. The zero-order valence-corrected chi connectivity index (χ0v) is 9.37. The lowest BCUT2D eigenvalue weighted by molar-refractivity contribution is -0.118. The quantitative estimate of drug-likeness (QED) is 0.783. The predicted molar refractivity (Wildman–Crippen MR) is 60.8 cm³/mol. The van der Waals surface area contributed by atoms with Crippen molar-refractivity contribution in [1.82, 2.24) is 14.8 Å². The number of amides is 3. The number of nitrogens with zero attached hydrogens (tertiary/aromatic N) is 3. The van der Waals surface area contributed by atoms with Crippen molar-refractivity contribution >= 4 is 11.9 Å². The molecule has 1 saturated heterocycles. The van der Waals surface area contributed by atoms with Crippen LogP contribution in [0.2, 0.25) is 0 Å². The summed E-state index contributed by atoms with van der Waals surface area (Å²) in [7, 11) is 0. The number of urea groups is 1. The normalized spacial score (nSPS) is 15.4. The van der Waals surface area contributed by atoms with Crippen molar-refractivity contribution in [3.8, 4) is 0 Å². The third-order valence-electron chi connectivity index (χ3n) is 2.61. The molecule has 6 heteroatoms. The lowest BCUT2D eigenvalue weighted by Crippen LogP contribution is -2.37. The maximum absolute atomic E-state index is 11.9. The SMILES string of the molecule is NC(=O)CN1CCN(Cc2ccccn2)C1=O. The van der Waals surface area contributed by atoms with E-state index in [1.807, 2.05) is 18.2 Å². The van der Waals surface area contributed by atoms with Crippen LogP contribution in [0.4, 0.5) is 4.79 Å². The average molecular weight is 234 g/mol. The third-order valence-corrected chi connectivity index (χ3v) is 2.61. The van der Waals surface area contributed by atoms with Gasteiger partial charge in [-0.2, -0.15) is 0 Å². The molecule has 0 radical (unpaired) electrons. The lowest BCUT2D eigenvalue weighted by atomic mass is 10.3. The number of rotatable bonds is 4. The Balaban J connectivity index is 1.96. The summed E-state index contributed by atoms with van der Waals surface area (Å²) in [6.07, 6.45) is 1.69. The topological polar surface area (TPSA) is 79.5 Å². The van der Waals surface area contributed by atoms with Crippen molar-refractivity contribution in [2.24, 2.45) is 5.73 Å². The molecule has 2 heterocycles. The first-order chi connectivity index (χ1) is 8.16. The fourth-order valence-electron chi connectivity index (χ4n) is 1.80. The van der Waals surface area contributed by atoms with Crippen LogP contribution in [0.15, 0.2) is 24.4 Å². The Hall–Kier alpha value is -2.11. The highest BCUT2D eigenvalue weighted by molar-refractivity contribution is 5.84. The number of pyridine rings is 1. The third kappa shape index (κ3) is 2.72. The summed E-state index contributed by atoms with van der Waals surface area (Å²) in [5.74, 6) is -0.488. The van der Waals surface area contributed by atoms with Gasteiger partial charge in [-0.25, -0.2) is 4.79 Å². The summed E-state index contributed by atoms with van der Waals surface area (Å²) in [4.78, 5) is 29.9. The van der Waals surface area contributed by atoms with E-state index >= 15 is 0 Å². The van der Waals surface area contributed by atoms with Crippen LogP contribution in [0, 0.1) is 0 Å². The van der Waals surface area contributed by atoms with Crippen molar-refractivity contribution in [1.29, 1.82) is 0 Å². The molecular formula is C11H14N4O2. The van der Waals surface area contributed by atoms with Gasteiger partial charge in [-0.15, -0.1) is 0 Å².